The molecule has 1 heterocycles. The smallest absolute Gasteiger partial charge is 0.261 e. The summed E-state index contributed by atoms with van der Waals surface area (Å²) in [6.45, 7) is 2.58. The zero-order chi connectivity index (χ0) is 15.9. The second-order valence-corrected chi connectivity index (χ2v) is 5.46. The van der Waals surface area contributed by atoms with Crippen LogP contribution in [-0.4, -0.2) is 20.7 Å². The first-order valence-electron chi connectivity index (χ1n) is 7.50. The van der Waals surface area contributed by atoms with Gasteiger partial charge < -0.3 is 0 Å². The Kier molecular flexibility index (Phi) is 5.66. The Balaban J connectivity index is 1.88. The van der Waals surface area contributed by atoms with Gasteiger partial charge in [0.2, 0.25) is 5.91 Å². The third-order valence-electron chi connectivity index (χ3n) is 3.66. The third-order valence-corrected chi connectivity index (χ3v) is 3.66. The summed E-state index contributed by atoms with van der Waals surface area (Å²) in [5, 5.41) is 9.03. The zero-order valence-electron chi connectivity index (χ0n) is 12.7. The Bertz CT molecular complexity index is 709. The number of fused-ring (bicyclic) bond motifs is 1. The maximum absolute atomic E-state index is 12.4. The minimum Gasteiger partial charge on any atom is -0.299 e. The molecule has 0 aliphatic heterocycles. The number of hydrogen-bond donors (Lipinski definition) is 2. The molecular weight excluding hydrogens is 282 g/mol. The van der Waals surface area contributed by atoms with Gasteiger partial charge in [0.25, 0.3) is 5.56 Å². The summed E-state index contributed by atoms with van der Waals surface area (Å²) in [5.41, 5.74) is 3.38. The SMILES string of the molecule is Cc1ccc2ncn(CCCCCCC(=O)NO)c(=O)c2c1. The van der Waals surface area contributed by atoms with Gasteiger partial charge in [-0.25, -0.2) is 10.5 Å². The molecule has 1 aromatic heterocycles. The first-order chi connectivity index (χ1) is 10.6. The number of aryl methyl sites for hydroxylation is 2. The highest BCUT2D eigenvalue weighted by molar-refractivity contribution is 5.77. The molecule has 0 saturated heterocycles. The van der Waals surface area contributed by atoms with Crippen LogP contribution in [0, 0.1) is 6.92 Å². The number of unbranched alkanes of at least 4 members (excludes halogenated alkanes) is 3. The van der Waals surface area contributed by atoms with Gasteiger partial charge in [-0.2, -0.15) is 0 Å². The van der Waals surface area contributed by atoms with Crippen LogP contribution in [0.4, 0.5) is 0 Å². The molecule has 2 rings (SSSR count). The van der Waals surface area contributed by atoms with Crippen LogP contribution >= 0.6 is 0 Å². The summed E-state index contributed by atoms with van der Waals surface area (Å²) in [6.07, 6.45) is 5.34. The molecule has 2 aromatic rings. The molecule has 6 nitrogen and oxygen atoms in total. The van der Waals surface area contributed by atoms with E-state index in [1.165, 1.54) is 0 Å². The first kappa shape index (κ1) is 16.2. The standard InChI is InChI=1S/C16H21N3O3/c1-12-7-8-14-13(10-12)16(21)19(11-17-14)9-5-3-2-4-6-15(20)18-22/h7-8,10-11,22H,2-6,9H2,1H3,(H,18,20). The number of carbonyl (C=O) groups excluding carboxylic acids is 1. The fourth-order valence-corrected chi connectivity index (χ4v) is 2.41. The second-order valence-electron chi connectivity index (χ2n) is 5.46. The van der Waals surface area contributed by atoms with E-state index in [-0.39, 0.29) is 11.5 Å². The van der Waals surface area contributed by atoms with E-state index in [1.807, 2.05) is 25.1 Å². The molecule has 0 aliphatic carbocycles. The van der Waals surface area contributed by atoms with E-state index in [0.29, 0.717) is 18.4 Å². The first-order valence-corrected chi connectivity index (χ1v) is 7.50. The van der Waals surface area contributed by atoms with Gasteiger partial charge in [0.1, 0.15) is 0 Å². The summed E-state index contributed by atoms with van der Waals surface area (Å²) < 4.78 is 1.64. The van der Waals surface area contributed by atoms with Gasteiger partial charge in [-0.3, -0.25) is 19.4 Å². The topological polar surface area (TPSA) is 84.2 Å². The lowest BCUT2D eigenvalue weighted by Crippen LogP contribution is -2.20. The van der Waals surface area contributed by atoms with Crippen molar-refractivity contribution in [3.05, 3.63) is 40.4 Å². The van der Waals surface area contributed by atoms with E-state index < -0.39 is 0 Å². The molecule has 0 bridgehead atoms. The van der Waals surface area contributed by atoms with Crippen LogP contribution in [0.3, 0.4) is 0 Å². The zero-order valence-corrected chi connectivity index (χ0v) is 12.7. The lowest BCUT2D eigenvalue weighted by Gasteiger charge is -2.07. The van der Waals surface area contributed by atoms with E-state index in [0.717, 1.165) is 36.8 Å². The number of benzene rings is 1. The maximum Gasteiger partial charge on any atom is 0.261 e. The number of amides is 1. The van der Waals surface area contributed by atoms with Gasteiger partial charge in [-0.05, 0) is 31.9 Å². The average Bonchev–Trinajstić information content (AvgIpc) is 2.52. The van der Waals surface area contributed by atoms with Gasteiger partial charge in [-0.15, -0.1) is 0 Å². The maximum atomic E-state index is 12.4. The van der Waals surface area contributed by atoms with E-state index in [1.54, 1.807) is 16.4 Å². The fourth-order valence-electron chi connectivity index (χ4n) is 2.41. The molecule has 0 spiro atoms. The van der Waals surface area contributed by atoms with Crippen molar-refractivity contribution < 1.29 is 10.0 Å². The Morgan fingerprint density at radius 2 is 2.05 bits per heavy atom. The van der Waals surface area contributed by atoms with E-state index in [2.05, 4.69) is 4.98 Å². The highest BCUT2D eigenvalue weighted by Gasteiger charge is 2.04. The molecule has 0 unspecified atom stereocenters. The second kappa shape index (κ2) is 7.70. The molecule has 2 N–H and O–H groups in total. The molecule has 0 saturated carbocycles. The normalized spacial score (nSPS) is 10.8. The summed E-state index contributed by atoms with van der Waals surface area (Å²) in [5.74, 6) is -0.356. The number of nitrogens with zero attached hydrogens (tertiary/aromatic N) is 2. The predicted molar refractivity (Wildman–Crippen MR) is 83.8 cm³/mol. The summed E-state index contributed by atoms with van der Waals surface area (Å²) in [4.78, 5) is 27.5. The fraction of sp³-hybridized carbons (Fsp3) is 0.438. The largest absolute Gasteiger partial charge is 0.299 e. The van der Waals surface area contributed by atoms with Gasteiger partial charge in [0.05, 0.1) is 17.2 Å². The van der Waals surface area contributed by atoms with Crippen molar-refractivity contribution >= 4 is 16.8 Å². The molecule has 0 atom stereocenters. The van der Waals surface area contributed by atoms with Gasteiger partial charge in [0, 0.05) is 13.0 Å². The Hall–Kier alpha value is -2.21. The van der Waals surface area contributed by atoms with Crippen LogP contribution in [0.15, 0.2) is 29.3 Å². The van der Waals surface area contributed by atoms with Crippen LogP contribution < -0.4 is 11.0 Å². The summed E-state index contributed by atoms with van der Waals surface area (Å²) in [6, 6.07) is 5.68. The van der Waals surface area contributed by atoms with Gasteiger partial charge in [0.15, 0.2) is 0 Å². The lowest BCUT2D eigenvalue weighted by molar-refractivity contribution is -0.129. The van der Waals surface area contributed by atoms with Crippen LogP contribution in [-0.2, 0) is 11.3 Å². The van der Waals surface area contributed by atoms with Crippen molar-refractivity contribution in [1.29, 1.82) is 0 Å². The van der Waals surface area contributed by atoms with Gasteiger partial charge in [-0.1, -0.05) is 24.5 Å². The molecule has 1 amide bonds. The van der Waals surface area contributed by atoms with Crippen LogP contribution in [0.2, 0.25) is 0 Å². The molecule has 0 radical (unpaired) electrons. The number of hydrogen-bond acceptors (Lipinski definition) is 4. The number of carbonyl (C=O) groups is 1. The predicted octanol–water partition coefficient (Wildman–Crippen LogP) is 2.16. The number of rotatable bonds is 7. The quantitative estimate of drug-likeness (QED) is 0.466. The number of hydroxylamine groups is 1. The average molecular weight is 303 g/mol. The van der Waals surface area contributed by atoms with Crippen molar-refractivity contribution in [1.82, 2.24) is 15.0 Å². The van der Waals surface area contributed by atoms with E-state index >= 15 is 0 Å². The Morgan fingerprint density at radius 1 is 1.27 bits per heavy atom. The minimum atomic E-state index is -0.356. The highest BCUT2D eigenvalue weighted by Crippen LogP contribution is 2.09. The van der Waals surface area contributed by atoms with Crippen molar-refractivity contribution in [2.75, 3.05) is 0 Å². The van der Waals surface area contributed by atoms with Crippen molar-refractivity contribution in [3.8, 4) is 0 Å². The van der Waals surface area contributed by atoms with E-state index in [4.69, 9.17) is 5.21 Å². The minimum absolute atomic E-state index is 0.00615. The lowest BCUT2D eigenvalue weighted by atomic mass is 10.1. The number of nitrogens with one attached hydrogen (secondary N) is 1. The monoisotopic (exact) mass is 303 g/mol. The van der Waals surface area contributed by atoms with Crippen LogP contribution in [0.1, 0.15) is 37.7 Å². The number of aromatic nitrogens is 2. The summed E-state index contributed by atoms with van der Waals surface area (Å²) in [7, 11) is 0. The van der Waals surface area contributed by atoms with Crippen molar-refractivity contribution in [2.45, 2.75) is 45.6 Å². The molecular formula is C16H21N3O3. The molecule has 6 heteroatoms. The third kappa shape index (κ3) is 4.14. The van der Waals surface area contributed by atoms with Crippen LogP contribution in [0.5, 0.6) is 0 Å². The molecule has 0 fully saturated rings. The van der Waals surface area contributed by atoms with Crippen LogP contribution in [0.25, 0.3) is 10.9 Å². The highest BCUT2D eigenvalue weighted by atomic mass is 16.5. The molecule has 22 heavy (non-hydrogen) atoms. The Morgan fingerprint density at radius 3 is 2.82 bits per heavy atom. The molecule has 118 valence electrons. The van der Waals surface area contributed by atoms with Crippen molar-refractivity contribution in [3.63, 3.8) is 0 Å². The summed E-state index contributed by atoms with van der Waals surface area (Å²) >= 11 is 0. The Labute approximate surface area is 128 Å². The van der Waals surface area contributed by atoms with Gasteiger partial charge >= 0.3 is 0 Å². The van der Waals surface area contributed by atoms with Crippen molar-refractivity contribution in [2.24, 2.45) is 0 Å². The van der Waals surface area contributed by atoms with E-state index in [9.17, 15) is 9.59 Å². The molecule has 0 aliphatic rings. The molecule has 1 aromatic carbocycles.